The summed E-state index contributed by atoms with van der Waals surface area (Å²) in [7, 11) is 0. The first-order chi connectivity index (χ1) is 11.9. The molecule has 1 saturated heterocycles. The molecule has 1 aromatic rings. The van der Waals surface area contributed by atoms with Gasteiger partial charge in [-0.3, -0.25) is 4.79 Å². The third-order valence-electron chi connectivity index (χ3n) is 5.54. The Bertz CT molecular complexity index is 786. The highest BCUT2D eigenvalue weighted by molar-refractivity contribution is 5.90. The minimum atomic E-state index is -0.437. The second kappa shape index (κ2) is 5.70. The second-order valence-electron chi connectivity index (χ2n) is 7.58. The third-order valence-corrected chi connectivity index (χ3v) is 5.54. The lowest BCUT2D eigenvalue weighted by Gasteiger charge is -2.16. The second-order valence-corrected chi connectivity index (χ2v) is 7.58. The zero-order valence-corrected chi connectivity index (χ0v) is 14.5. The Morgan fingerprint density at radius 3 is 2.96 bits per heavy atom. The normalized spacial score (nSPS) is 33.9. The molecule has 4 atom stereocenters. The van der Waals surface area contributed by atoms with E-state index in [4.69, 9.17) is 13.9 Å². The van der Waals surface area contributed by atoms with Gasteiger partial charge in [-0.15, -0.1) is 0 Å². The minimum Gasteiger partial charge on any atom is -0.462 e. The van der Waals surface area contributed by atoms with E-state index in [-0.39, 0.29) is 24.1 Å². The van der Waals surface area contributed by atoms with Crippen LogP contribution in [-0.2, 0) is 20.7 Å². The molecule has 25 heavy (non-hydrogen) atoms. The molecule has 0 amide bonds. The molecule has 5 nitrogen and oxygen atoms in total. The highest BCUT2D eigenvalue weighted by Gasteiger charge is 2.57. The summed E-state index contributed by atoms with van der Waals surface area (Å²) in [5.74, 6) is 1.26. The molecule has 1 aromatic heterocycles. The maximum atomic E-state index is 12.1. The van der Waals surface area contributed by atoms with Crippen molar-refractivity contribution < 1.29 is 23.5 Å². The van der Waals surface area contributed by atoms with E-state index in [9.17, 15) is 9.59 Å². The summed E-state index contributed by atoms with van der Waals surface area (Å²) in [5, 5.41) is 0. The lowest BCUT2D eigenvalue weighted by atomic mass is 9.89. The lowest BCUT2D eigenvalue weighted by molar-refractivity contribution is -0.140. The summed E-state index contributed by atoms with van der Waals surface area (Å²) in [6.45, 7) is 8.02. The first kappa shape index (κ1) is 16.3. The van der Waals surface area contributed by atoms with Gasteiger partial charge in [-0.25, -0.2) is 4.79 Å². The summed E-state index contributed by atoms with van der Waals surface area (Å²) >= 11 is 0. The molecule has 0 aromatic carbocycles. The molecular weight excluding hydrogens is 320 g/mol. The Labute approximate surface area is 146 Å². The van der Waals surface area contributed by atoms with Gasteiger partial charge in [0.25, 0.3) is 0 Å². The fourth-order valence-corrected chi connectivity index (χ4v) is 3.90. The van der Waals surface area contributed by atoms with Crippen molar-refractivity contribution in [2.75, 3.05) is 0 Å². The summed E-state index contributed by atoms with van der Waals surface area (Å²) in [4.78, 5) is 23.6. The number of fused-ring (bicyclic) bond motifs is 5. The van der Waals surface area contributed by atoms with Crippen LogP contribution in [0, 0.1) is 5.92 Å². The molecule has 0 aliphatic carbocycles. The molecule has 3 aliphatic heterocycles. The van der Waals surface area contributed by atoms with Crippen molar-refractivity contribution in [1.82, 2.24) is 0 Å². The average molecular weight is 342 g/mol. The van der Waals surface area contributed by atoms with Gasteiger partial charge >= 0.3 is 5.97 Å². The van der Waals surface area contributed by atoms with E-state index in [1.54, 1.807) is 6.07 Å². The zero-order valence-electron chi connectivity index (χ0n) is 14.5. The molecule has 0 saturated carbocycles. The predicted octanol–water partition coefficient (Wildman–Crippen LogP) is 3.69. The number of carbonyl (C=O) groups is 2. The smallest absolute Gasteiger partial charge is 0.334 e. The number of furan rings is 1. The maximum Gasteiger partial charge on any atom is 0.334 e. The number of aldehydes is 1. The van der Waals surface area contributed by atoms with Crippen LogP contribution in [0.3, 0.4) is 0 Å². The average Bonchev–Trinajstić information content (AvgIpc) is 2.90. The minimum absolute atomic E-state index is 0.137. The number of hydrogen-bond donors (Lipinski definition) is 0. The largest absolute Gasteiger partial charge is 0.462 e. The zero-order chi connectivity index (χ0) is 17.8. The maximum absolute atomic E-state index is 12.1. The Balaban J connectivity index is 1.71. The fourth-order valence-electron chi connectivity index (χ4n) is 3.90. The van der Waals surface area contributed by atoms with E-state index in [2.05, 4.69) is 6.58 Å². The van der Waals surface area contributed by atoms with E-state index in [0.717, 1.165) is 23.9 Å². The topological polar surface area (TPSA) is 69.0 Å². The van der Waals surface area contributed by atoms with Crippen LogP contribution in [0.5, 0.6) is 0 Å². The summed E-state index contributed by atoms with van der Waals surface area (Å²) in [5.41, 5.74) is 1.88. The van der Waals surface area contributed by atoms with Crippen LogP contribution in [-0.4, -0.2) is 24.0 Å². The van der Waals surface area contributed by atoms with Crippen LogP contribution in [0.2, 0.25) is 0 Å². The van der Waals surface area contributed by atoms with Crippen molar-refractivity contribution in [2.24, 2.45) is 5.92 Å². The molecule has 0 spiro atoms. The third kappa shape index (κ3) is 2.86. The van der Waals surface area contributed by atoms with Crippen LogP contribution < -0.4 is 0 Å². The molecule has 0 N–H and O–H groups in total. The Morgan fingerprint density at radius 2 is 2.24 bits per heavy atom. The number of epoxide rings is 1. The van der Waals surface area contributed by atoms with Gasteiger partial charge in [0.2, 0.25) is 0 Å². The van der Waals surface area contributed by atoms with Gasteiger partial charge in [-0.2, -0.15) is 0 Å². The first-order valence-electron chi connectivity index (χ1n) is 8.72. The molecule has 0 radical (unpaired) electrons. The molecule has 1 fully saturated rings. The molecule has 132 valence electrons. The number of rotatable bonds is 2. The van der Waals surface area contributed by atoms with Crippen LogP contribution in [0.25, 0.3) is 0 Å². The number of esters is 1. The highest BCUT2D eigenvalue weighted by atomic mass is 16.6. The van der Waals surface area contributed by atoms with Crippen molar-refractivity contribution in [3.05, 3.63) is 47.0 Å². The van der Waals surface area contributed by atoms with Crippen LogP contribution >= 0.6 is 0 Å². The Hall–Kier alpha value is -2.14. The number of allylic oxidation sites excluding steroid dienone is 1. The van der Waals surface area contributed by atoms with E-state index in [1.807, 2.05) is 19.9 Å². The Morgan fingerprint density at radius 1 is 1.44 bits per heavy atom. The molecule has 4 rings (SSSR count). The van der Waals surface area contributed by atoms with Gasteiger partial charge in [-0.05, 0) is 44.7 Å². The van der Waals surface area contributed by atoms with E-state index >= 15 is 0 Å². The van der Waals surface area contributed by atoms with Gasteiger partial charge in [0.15, 0.2) is 6.29 Å². The summed E-state index contributed by atoms with van der Waals surface area (Å²) < 4.78 is 17.3. The van der Waals surface area contributed by atoms with E-state index < -0.39 is 5.60 Å². The Kier molecular flexibility index (Phi) is 3.72. The number of ether oxygens (including phenoxy) is 2. The van der Waals surface area contributed by atoms with Gasteiger partial charge in [-0.1, -0.05) is 12.2 Å². The molecular formula is C20H22O5. The summed E-state index contributed by atoms with van der Waals surface area (Å²) in [6.07, 6.45) is 4.89. The molecule has 3 aliphatic rings. The fraction of sp³-hybridized carbons (Fsp3) is 0.500. The monoisotopic (exact) mass is 342 g/mol. The van der Waals surface area contributed by atoms with E-state index in [0.29, 0.717) is 36.3 Å². The van der Waals surface area contributed by atoms with Crippen LogP contribution in [0.4, 0.5) is 0 Å². The number of carbonyl (C=O) groups excluding carboxylic acids is 2. The van der Waals surface area contributed by atoms with Gasteiger partial charge < -0.3 is 13.9 Å². The number of hydrogen-bond acceptors (Lipinski definition) is 5. The molecule has 5 heteroatoms. The highest BCUT2D eigenvalue weighted by Crippen LogP contribution is 2.54. The SMILES string of the molecule is C=C(C)[C@@H]1CCC2=C[C@@H](C[C@@]3(C)O[C@H]3c3cc(C=O)c(o3)C1)OC2=O. The van der Waals surface area contributed by atoms with E-state index in [1.165, 1.54) is 0 Å². The standard InChI is InChI=1S/C20H22O5/c1-11(2)12-4-5-13-6-15(23-19(13)22)9-20(3)18(25-20)17-8-14(10-21)16(7-12)24-17/h6,8,10,12,15,18H,1,4-5,7,9H2,2-3H3/t12-,15+,18+,20-/m1/s1. The predicted molar refractivity (Wildman–Crippen MR) is 90.1 cm³/mol. The van der Waals surface area contributed by atoms with Crippen LogP contribution in [0.1, 0.15) is 61.1 Å². The van der Waals surface area contributed by atoms with Crippen molar-refractivity contribution in [3.8, 4) is 0 Å². The first-order valence-corrected chi connectivity index (χ1v) is 8.72. The van der Waals surface area contributed by atoms with Gasteiger partial charge in [0, 0.05) is 18.4 Å². The van der Waals surface area contributed by atoms with Crippen molar-refractivity contribution in [1.29, 1.82) is 0 Å². The van der Waals surface area contributed by atoms with Gasteiger partial charge in [0.1, 0.15) is 29.3 Å². The van der Waals surface area contributed by atoms with Crippen molar-refractivity contribution in [2.45, 2.75) is 57.3 Å². The molecule has 4 bridgehead atoms. The summed E-state index contributed by atoms with van der Waals surface area (Å²) in [6, 6.07) is 1.78. The van der Waals surface area contributed by atoms with Crippen molar-refractivity contribution >= 4 is 12.3 Å². The van der Waals surface area contributed by atoms with Crippen LogP contribution in [0.15, 0.2) is 34.3 Å². The molecule has 4 heterocycles. The lowest BCUT2D eigenvalue weighted by Crippen LogP contribution is -2.18. The quantitative estimate of drug-likeness (QED) is 0.355. The molecule has 0 unspecified atom stereocenters. The van der Waals surface area contributed by atoms with Gasteiger partial charge in [0.05, 0.1) is 5.56 Å². The van der Waals surface area contributed by atoms with Crippen molar-refractivity contribution in [3.63, 3.8) is 0 Å².